The standard InChI is InChI=1S/C15H29NS/c1-12(13-7-5-4-6-8-13)16-14-9-15(2,3)11-17-10-14/h12-14,16H,4-11H2,1-3H3. The van der Waals surface area contributed by atoms with Gasteiger partial charge in [0.05, 0.1) is 0 Å². The van der Waals surface area contributed by atoms with E-state index >= 15 is 0 Å². The van der Waals surface area contributed by atoms with Crippen LogP contribution in [0.25, 0.3) is 0 Å². The summed E-state index contributed by atoms with van der Waals surface area (Å²) in [6.07, 6.45) is 8.66. The van der Waals surface area contributed by atoms with Crippen molar-refractivity contribution in [3.8, 4) is 0 Å². The maximum absolute atomic E-state index is 3.92. The Bertz CT molecular complexity index is 233. The fourth-order valence-corrected chi connectivity index (χ4v) is 4.80. The van der Waals surface area contributed by atoms with Crippen molar-refractivity contribution in [1.82, 2.24) is 5.32 Å². The molecule has 0 amide bonds. The zero-order valence-corrected chi connectivity index (χ0v) is 12.6. The van der Waals surface area contributed by atoms with Gasteiger partial charge in [0.15, 0.2) is 0 Å². The van der Waals surface area contributed by atoms with Crippen molar-refractivity contribution in [2.45, 2.75) is 71.4 Å². The number of hydrogen-bond acceptors (Lipinski definition) is 2. The van der Waals surface area contributed by atoms with Crippen LogP contribution in [0.1, 0.15) is 59.3 Å². The molecule has 0 aromatic carbocycles. The summed E-state index contributed by atoms with van der Waals surface area (Å²) in [6.45, 7) is 7.25. The Hall–Kier alpha value is 0.310. The highest BCUT2D eigenvalue weighted by molar-refractivity contribution is 7.99. The second-order valence-electron chi connectivity index (χ2n) is 6.93. The largest absolute Gasteiger partial charge is 0.310 e. The zero-order valence-electron chi connectivity index (χ0n) is 11.8. The molecule has 0 bridgehead atoms. The van der Waals surface area contributed by atoms with Crippen molar-refractivity contribution in [3.05, 3.63) is 0 Å². The molecule has 1 nitrogen and oxygen atoms in total. The molecule has 17 heavy (non-hydrogen) atoms. The first kappa shape index (κ1) is 13.7. The van der Waals surface area contributed by atoms with Crippen LogP contribution in [0, 0.1) is 11.3 Å². The lowest BCUT2D eigenvalue weighted by molar-refractivity contribution is 0.239. The van der Waals surface area contributed by atoms with Crippen molar-refractivity contribution >= 4 is 11.8 Å². The summed E-state index contributed by atoms with van der Waals surface area (Å²) in [5.41, 5.74) is 0.535. The van der Waals surface area contributed by atoms with Gasteiger partial charge in [-0.25, -0.2) is 0 Å². The second-order valence-corrected chi connectivity index (χ2v) is 7.96. The van der Waals surface area contributed by atoms with E-state index in [2.05, 4.69) is 37.8 Å². The number of thioether (sulfide) groups is 1. The fraction of sp³-hybridized carbons (Fsp3) is 1.00. The van der Waals surface area contributed by atoms with Gasteiger partial charge in [0.2, 0.25) is 0 Å². The van der Waals surface area contributed by atoms with Crippen molar-refractivity contribution in [3.63, 3.8) is 0 Å². The highest BCUT2D eigenvalue weighted by Gasteiger charge is 2.30. The zero-order chi connectivity index (χ0) is 12.3. The molecule has 100 valence electrons. The van der Waals surface area contributed by atoms with E-state index in [0.29, 0.717) is 5.41 Å². The molecular weight excluding hydrogens is 226 g/mol. The van der Waals surface area contributed by atoms with Crippen LogP contribution in [0.2, 0.25) is 0 Å². The number of hydrogen-bond donors (Lipinski definition) is 1. The maximum atomic E-state index is 3.92. The van der Waals surface area contributed by atoms with E-state index in [9.17, 15) is 0 Å². The minimum absolute atomic E-state index is 0.535. The Morgan fingerprint density at radius 1 is 1.18 bits per heavy atom. The molecule has 1 aliphatic carbocycles. The maximum Gasteiger partial charge on any atom is 0.0166 e. The minimum atomic E-state index is 0.535. The predicted octanol–water partition coefficient (Wildman–Crippen LogP) is 4.08. The van der Waals surface area contributed by atoms with Crippen LogP contribution in [0.15, 0.2) is 0 Å². The van der Waals surface area contributed by atoms with E-state index in [1.165, 1.54) is 50.0 Å². The molecule has 0 radical (unpaired) electrons. The van der Waals surface area contributed by atoms with Crippen LogP contribution in [0.5, 0.6) is 0 Å². The molecule has 2 atom stereocenters. The summed E-state index contributed by atoms with van der Waals surface area (Å²) in [5, 5.41) is 3.92. The Balaban J connectivity index is 1.79. The molecule has 2 unspecified atom stereocenters. The van der Waals surface area contributed by atoms with Gasteiger partial charge in [0, 0.05) is 17.8 Å². The van der Waals surface area contributed by atoms with Crippen LogP contribution < -0.4 is 5.32 Å². The Kier molecular flexibility index (Phi) is 4.82. The van der Waals surface area contributed by atoms with Gasteiger partial charge in [-0.1, -0.05) is 33.1 Å². The van der Waals surface area contributed by atoms with Gasteiger partial charge in [0.25, 0.3) is 0 Å². The molecule has 2 aliphatic rings. The van der Waals surface area contributed by atoms with E-state index in [1.54, 1.807) is 0 Å². The molecule has 2 fully saturated rings. The first-order chi connectivity index (χ1) is 8.07. The van der Waals surface area contributed by atoms with Crippen molar-refractivity contribution in [1.29, 1.82) is 0 Å². The molecule has 1 saturated carbocycles. The van der Waals surface area contributed by atoms with E-state index in [1.807, 2.05) is 0 Å². The SMILES string of the molecule is CC(NC1CSCC(C)(C)C1)C1CCCCC1. The first-order valence-corrected chi connectivity index (χ1v) is 8.56. The summed E-state index contributed by atoms with van der Waals surface area (Å²) in [5.74, 6) is 3.60. The third-order valence-corrected chi connectivity index (χ3v) is 6.09. The summed E-state index contributed by atoms with van der Waals surface area (Å²) in [4.78, 5) is 0. The molecule has 1 N–H and O–H groups in total. The van der Waals surface area contributed by atoms with Crippen LogP contribution in [-0.4, -0.2) is 23.6 Å². The monoisotopic (exact) mass is 255 g/mol. The fourth-order valence-electron chi connectivity index (χ4n) is 3.51. The topological polar surface area (TPSA) is 12.0 Å². The van der Waals surface area contributed by atoms with E-state index in [4.69, 9.17) is 0 Å². The van der Waals surface area contributed by atoms with E-state index < -0.39 is 0 Å². The lowest BCUT2D eigenvalue weighted by atomic mass is 9.83. The van der Waals surface area contributed by atoms with E-state index in [-0.39, 0.29) is 0 Å². The lowest BCUT2D eigenvalue weighted by Gasteiger charge is -2.38. The Labute approximate surface area is 112 Å². The van der Waals surface area contributed by atoms with E-state index in [0.717, 1.165) is 18.0 Å². The third kappa shape index (κ3) is 4.17. The molecule has 1 saturated heterocycles. The molecule has 0 aromatic heterocycles. The Morgan fingerprint density at radius 3 is 2.53 bits per heavy atom. The van der Waals surface area contributed by atoms with Gasteiger partial charge in [-0.2, -0.15) is 11.8 Å². The van der Waals surface area contributed by atoms with Gasteiger partial charge in [-0.3, -0.25) is 0 Å². The van der Waals surface area contributed by atoms with Gasteiger partial charge in [-0.15, -0.1) is 0 Å². The highest BCUT2D eigenvalue weighted by Crippen LogP contribution is 2.34. The van der Waals surface area contributed by atoms with Gasteiger partial charge in [-0.05, 0) is 43.3 Å². The van der Waals surface area contributed by atoms with Crippen LogP contribution in [0.4, 0.5) is 0 Å². The second kappa shape index (κ2) is 5.97. The lowest BCUT2D eigenvalue weighted by Crippen LogP contribution is -2.47. The first-order valence-electron chi connectivity index (χ1n) is 7.41. The normalized spacial score (nSPS) is 32.3. The van der Waals surface area contributed by atoms with Crippen LogP contribution >= 0.6 is 11.8 Å². The van der Waals surface area contributed by atoms with Crippen molar-refractivity contribution in [2.24, 2.45) is 11.3 Å². The smallest absolute Gasteiger partial charge is 0.0166 e. The molecule has 1 aliphatic heterocycles. The average Bonchev–Trinajstić information content (AvgIpc) is 2.29. The van der Waals surface area contributed by atoms with Gasteiger partial charge < -0.3 is 5.32 Å². The summed E-state index contributed by atoms with van der Waals surface area (Å²) >= 11 is 2.14. The quantitative estimate of drug-likeness (QED) is 0.815. The van der Waals surface area contributed by atoms with Crippen molar-refractivity contribution in [2.75, 3.05) is 11.5 Å². The molecule has 1 heterocycles. The molecule has 2 heteroatoms. The molecular formula is C15H29NS. The summed E-state index contributed by atoms with van der Waals surface area (Å²) < 4.78 is 0. The third-order valence-electron chi connectivity index (χ3n) is 4.47. The average molecular weight is 255 g/mol. The molecule has 0 spiro atoms. The van der Waals surface area contributed by atoms with Crippen molar-refractivity contribution < 1.29 is 0 Å². The van der Waals surface area contributed by atoms with Gasteiger partial charge in [0.1, 0.15) is 0 Å². The summed E-state index contributed by atoms with van der Waals surface area (Å²) in [7, 11) is 0. The van der Waals surface area contributed by atoms with Crippen LogP contribution in [-0.2, 0) is 0 Å². The molecule has 2 rings (SSSR count). The predicted molar refractivity (Wildman–Crippen MR) is 78.7 cm³/mol. The van der Waals surface area contributed by atoms with Crippen LogP contribution in [0.3, 0.4) is 0 Å². The highest BCUT2D eigenvalue weighted by atomic mass is 32.2. The number of rotatable bonds is 3. The minimum Gasteiger partial charge on any atom is -0.310 e. The molecule has 0 aromatic rings. The number of nitrogens with one attached hydrogen (secondary N) is 1. The summed E-state index contributed by atoms with van der Waals surface area (Å²) in [6, 6.07) is 1.48. The van der Waals surface area contributed by atoms with Gasteiger partial charge >= 0.3 is 0 Å². The Morgan fingerprint density at radius 2 is 1.88 bits per heavy atom.